The maximum Gasteiger partial charge on any atom is 0.307 e. The summed E-state index contributed by atoms with van der Waals surface area (Å²) in [4.78, 5) is 23.8. The Labute approximate surface area is 90.0 Å². The zero-order valence-corrected chi connectivity index (χ0v) is 9.52. The van der Waals surface area contributed by atoms with E-state index in [1.165, 1.54) is 12.0 Å². The molecule has 5 heteroatoms. The predicted molar refractivity (Wildman–Crippen MR) is 55.2 cm³/mol. The van der Waals surface area contributed by atoms with Crippen LogP contribution < -0.4 is 0 Å². The fourth-order valence-electron chi connectivity index (χ4n) is 1.19. The lowest BCUT2D eigenvalue weighted by Gasteiger charge is -2.23. The number of carbonyl (C=O) groups excluding carboxylic acids is 2. The first-order valence-corrected chi connectivity index (χ1v) is 5.03. The Morgan fingerprint density at radius 1 is 1.47 bits per heavy atom. The van der Waals surface area contributed by atoms with Gasteiger partial charge in [0.2, 0.25) is 5.91 Å². The number of hydrogen-bond donors (Lipinski definition) is 1. The molecule has 1 unspecified atom stereocenters. The van der Waals surface area contributed by atoms with E-state index in [0.717, 1.165) is 0 Å². The van der Waals surface area contributed by atoms with Crippen LogP contribution in [0.1, 0.15) is 26.7 Å². The van der Waals surface area contributed by atoms with E-state index >= 15 is 0 Å². The van der Waals surface area contributed by atoms with Crippen LogP contribution >= 0.6 is 0 Å². The van der Waals surface area contributed by atoms with E-state index in [9.17, 15) is 14.7 Å². The average Bonchev–Trinajstić information content (AvgIpc) is 2.21. The molecule has 0 radical (unpaired) electrons. The van der Waals surface area contributed by atoms with E-state index in [0.29, 0.717) is 13.0 Å². The van der Waals surface area contributed by atoms with Gasteiger partial charge in [0, 0.05) is 19.5 Å². The van der Waals surface area contributed by atoms with Crippen LogP contribution in [0.2, 0.25) is 0 Å². The molecular formula is C10H19NO4. The highest BCUT2D eigenvalue weighted by atomic mass is 16.5. The molecule has 0 aliphatic carbocycles. The van der Waals surface area contributed by atoms with Crippen LogP contribution in [0.3, 0.4) is 0 Å². The number of amides is 1. The third-order valence-corrected chi connectivity index (χ3v) is 1.95. The molecule has 15 heavy (non-hydrogen) atoms. The first-order chi connectivity index (χ1) is 7.01. The molecule has 1 amide bonds. The summed E-state index contributed by atoms with van der Waals surface area (Å²) in [5.41, 5.74) is 0. The summed E-state index contributed by atoms with van der Waals surface area (Å²) in [5, 5.41) is 9.18. The lowest BCUT2D eigenvalue weighted by atomic mass is 10.3. The van der Waals surface area contributed by atoms with E-state index in [1.807, 2.05) is 0 Å². The minimum absolute atomic E-state index is 0.0696. The molecule has 0 aliphatic rings. The monoisotopic (exact) mass is 217 g/mol. The predicted octanol–water partition coefficient (Wildman–Crippen LogP) is 0.169. The molecule has 1 N–H and O–H groups in total. The topological polar surface area (TPSA) is 66.8 Å². The molecule has 5 nitrogen and oxygen atoms in total. The molecule has 0 spiro atoms. The minimum Gasteiger partial charge on any atom is -0.469 e. The normalized spacial score (nSPS) is 12.0. The minimum atomic E-state index is -0.585. The number of ether oxygens (including phenoxy) is 1. The van der Waals surface area contributed by atoms with Gasteiger partial charge in [0.1, 0.15) is 0 Å². The molecule has 0 saturated carbocycles. The second kappa shape index (κ2) is 7.23. The SMILES string of the molecule is CCC(=O)N(CCC(=O)OC)CC(C)O. The van der Waals surface area contributed by atoms with Gasteiger partial charge in [-0.3, -0.25) is 9.59 Å². The van der Waals surface area contributed by atoms with Crippen LogP contribution in [0.15, 0.2) is 0 Å². The number of methoxy groups -OCH3 is 1. The quantitative estimate of drug-likeness (QED) is 0.644. The van der Waals surface area contributed by atoms with Gasteiger partial charge in [0.15, 0.2) is 0 Å². The number of rotatable bonds is 6. The molecule has 0 aromatic rings. The highest BCUT2D eigenvalue weighted by Crippen LogP contribution is 1.99. The van der Waals surface area contributed by atoms with Crippen LogP contribution in [0, 0.1) is 0 Å². The first kappa shape index (κ1) is 13.9. The van der Waals surface area contributed by atoms with E-state index in [2.05, 4.69) is 4.74 Å². The summed E-state index contributed by atoms with van der Waals surface area (Å²) in [6.07, 6.45) is -0.0544. The highest BCUT2D eigenvalue weighted by Gasteiger charge is 2.15. The van der Waals surface area contributed by atoms with E-state index in [4.69, 9.17) is 0 Å². The van der Waals surface area contributed by atoms with Gasteiger partial charge < -0.3 is 14.7 Å². The van der Waals surface area contributed by atoms with Crippen molar-refractivity contribution < 1.29 is 19.4 Å². The van der Waals surface area contributed by atoms with Crippen molar-refractivity contribution in [2.45, 2.75) is 32.8 Å². The van der Waals surface area contributed by atoms with Crippen molar-refractivity contribution in [2.24, 2.45) is 0 Å². The van der Waals surface area contributed by atoms with Gasteiger partial charge in [-0.05, 0) is 6.92 Å². The fourth-order valence-corrected chi connectivity index (χ4v) is 1.19. The fraction of sp³-hybridized carbons (Fsp3) is 0.800. The van der Waals surface area contributed by atoms with Gasteiger partial charge in [-0.15, -0.1) is 0 Å². The molecule has 0 saturated heterocycles. The molecule has 0 aromatic heterocycles. The number of carbonyl (C=O) groups is 2. The standard InChI is InChI=1S/C10H19NO4/c1-4-9(13)11(7-8(2)12)6-5-10(14)15-3/h8,12H,4-7H2,1-3H3. The van der Waals surface area contributed by atoms with Crippen LogP contribution in [-0.2, 0) is 14.3 Å². The zero-order chi connectivity index (χ0) is 11.8. The van der Waals surface area contributed by atoms with Gasteiger partial charge in [0.05, 0.1) is 19.6 Å². The maximum absolute atomic E-state index is 11.4. The maximum atomic E-state index is 11.4. The van der Waals surface area contributed by atoms with Gasteiger partial charge in [-0.25, -0.2) is 0 Å². The number of aliphatic hydroxyl groups excluding tert-OH is 1. The van der Waals surface area contributed by atoms with Crippen molar-refractivity contribution in [3.05, 3.63) is 0 Å². The molecule has 0 bridgehead atoms. The van der Waals surface area contributed by atoms with Crippen LogP contribution in [-0.4, -0.2) is 48.2 Å². The molecule has 88 valence electrons. The Morgan fingerprint density at radius 2 is 2.07 bits per heavy atom. The number of esters is 1. The molecule has 0 heterocycles. The van der Waals surface area contributed by atoms with Crippen molar-refractivity contribution in [1.82, 2.24) is 4.90 Å². The Kier molecular flexibility index (Phi) is 6.70. The Hall–Kier alpha value is -1.10. The average molecular weight is 217 g/mol. The van der Waals surface area contributed by atoms with Crippen LogP contribution in [0.4, 0.5) is 0 Å². The van der Waals surface area contributed by atoms with E-state index in [-0.39, 0.29) is 24.8 Å². The lowest BCUT2D eigenvalue weighted by molar-refractivity contribution is -0.142. The van der Waals surface area contributed by atoms with Gasteiger partial charge in [0.25, 0.3) is 0 Å². The number of aliphatic hydroxyl groups is 1. The van der Waals surface area contributed by atoms with Crippen molar-refractivity contribution in [3.8, 4) is 0 Å². The number of hydrogen-bond acceptors (Lipinski definition) is 4. The summed E-state index contributed by atoms with van der Waals surface area (Å²) in [5.74, 6) is -0.422. The van der Waals surface area contributed by atoms with Crippen molar-refractivity contribution >= 4 is 11.9 Å². The highest BCUT2D eigenvalue weighted by molar-refractivity contribution is 5.77. The molecule has 0 fully saturated rings. The third kappa shape index (κ3) is 6.06. The molecule has 0 aromatic carbocycles. The van der Waals surface area contributed by atoms with Gasteiger partial charge in [-0.1, -0.05) is 6.92 Å². The number of nitrogens with zero attached hydrogens (tertiary/aromatic N) is 1. The molecule has 0 rings (SSSR count). The summed E-state index contributed by atoms with van der Waals surface area (Å²) in [7, 11) is 1.31. The van der Waals surface area contributed by atoms with Gasteiger partial charge in [-0.2, -0.15) is 0 Å². The Balaban J connectivity index is 4.12. The van der Waals surface area contributed by atoms with Crippen LogP contribution in [0.5, 0.6) is 0 Å². The molecule has 0 aliphatic heterocycles. The summed E-state index contributed by atoms with van der Waals surface area (Å²) >= 11 is 0. The summed E-state index contributed by atoms with van der Waals surface area (Å²) < 4.78 is 4.48. The van der Waals surface area contributed by atoms with Gasteiger partial charge >= 0.3 is 5.97 Å². The summed E-state index contributed by atoms with van der Waals surface area (Å²) in [6.45, 7) is 3.90. The van der Waals surface area contributed by atoms with Crippen LogP contribution in [0.25, 0.3) is 0 Å². The first-order valence-electron chi connectivity index (χ1n) is 5.03. The largest absolute Gasteiger partial charge is 0.469 e. The summed E-state index contributed by atoms with van der Waals surface area (Å²) in [6, 6.07) is 0. The Bertz CT molecular complexity index is 215. The molecule has 1 atom stereocenters. The smallest absolute Gasteiger partial charge is 0.307 e. The second-order valence-electron chi connectivity index (χ2n) is 3.37. The van der Waals surface area contributed by atoms with E-state index < -0.39 is 6.10 Å². The second-order valence-corrected chi connectivity index (χ2v) is 3.37. The van der Waals surface area contributed by atoms with E-state index in [1.54, 1.807) is 13.8 Å². The molecular weight excluding hydrogens is 198 g/mol. The lowest BCUT2D eigenvalue weighted by Crippen LogP contribution is -2.37. The Morgan fingerprint density at radius 3 is 2.47 bits per heavy atom. The van der Waals surface area contributed by atoms with Crippen molar-refractivity contribution in [1.29, 1.82) is 0 Å². The third-order valence-electron chi connectivity index (χ3n) is 1.95. The zero-order valence-electron chi connectivity index (χ0n) is 9.52. The van der Waals surface area contributed by atoms with Crippen molar-refractivity contribution in [2.75, 3.05) is 20.2 Å². The van der Waals surface area contributed by atoms with Crippen molar-refractivity contribution in [3.63, 3.8) is 0 Å².